The molecule has 0 aliphatic carbocycles. The van der Waals surface area contributed by atoms with E-state index in [1.165, 1.54) is 12.1 Å². The Morgan fingerprint density at radius 2 is 2.00 bits per heavy atom. The van der Waals surface area contributed by atoms with Crippen LogP contribution in [-0.2, 0) is 10.9 Å². The molecule has 1 heterocycles. The van der Waals surface area contributed by atoms with E-state index in [0.29, 0.717) is 13.1 Å². The molecule has 0 saturated carbocycles. The van der Waals surface area contributed by atoms with Crippen molar-refractivity contribution in [2.24, 2.45) is 5.92 Å². The Bertz CT molecular complexity index is 644. The van der Waals surface area contributed by atoms with E-state index in [-0.39, 0.29) is 24.4 Å². The Balaban J connectivity index is 1.97. The van der Waals surface area contributed by atoms with Gasteiger partial charge in [0.2, 0.25) is 0 Å². The van der Waals surface area contributed by atoms with Gasteiger partial charge in [0.15, 0.2) is 0 Å². The first kappa shape index (κ1) is 20.7. The van der Waals surface area contributed by atoms with Gasteiger partial charge in [-0.25, -0.2) is 4.79 Å². The second kappa shape index (κ2) is 7.94. The summed E-state index contributed by atoms with van der Waals surface area (Å²) in [5, 5.41) is -0.445. The fraction of sp³-hybridized carbons (Fsp3) is 0.611. The number of benzene rings is 1. The molecule has 0 bridgehead atoms. The molecule has 1 atom stereocenters. The number of alkyl halides is 3. The van der Waals surface area contributed by atoms with E-state index < -0.39 is 22.4 Å². The third-order valence-corrected chi connectivity index (χ3v) is 4.30. The van der Waals surface area contributed by atoms with Gasteiger partial charge in [0.25, 0.3) is 0 Å². The van der Waals surface area contributed by atoms with Crippen molar-refractivity contribution in [2.75, 3.05) is 19.7 Å². The Hall–Kier alpha value is -1.63. The predicted molar refractivity (Wildman–Crippen MR) is 92.5 cm³/mol. The van der Waals surface area contributed by atoms with Crippen LogP contribution in [0.25, 0.3) is 0 Å². The van der Waals surface area contributed by atoms with Crippen molar-refractivity contribution in [3.8, 4) is 5.75 Å². The van der Waals surface area contributed by atoms with E-state index in [2.05, 4.69) is 0 Å². The number of ether oxygens (including phenoxy) is 2. The molecule has 26 heavy (non-hydrogen) atoms. The molecule has 1 fully saturated rings. The monoisotopic (exact) mass is 393 g/mol. The van der Waals surface area contributed by atoms with Gasteiger partial charge in [-0.15, -0.1) is 0 Å². The second-order valence-corrected chi connectivity index (χ2v) is 7.74. The van der Waals surface area contributed by atoms with E-state index in [1.807, 2.05) is 0 Å². The minimum absolute atomic E-state index is 0.00174. The molecule has 1 amide bonds. The zero-order valence-electron chi connectivity index (χ0n) is 15.0. The van der Waals surface area contributed by atoms with Gasteiger partial charge < -0.3 is 14.4 Å². The number of carbonyl (C=O) groups is 1. The molecular formula is C18H23ClF3NO3. The van der Waals surface area contributed by atoms with Crippen LogP contribution in [0.15, 0.2) is 18.2 Å². The molecule has 1 aromatic rings. The number of piperidine rings is 1. The molecular weight excluding hydrogens is 371 g/mol. The lowest BCUT2D eigenvalue weighted by Gasteiger charge is -2.34. The topological polar surface area (TPSA) is 38.8 Å². The van der Waals surface area contributed by atoms with Crippen molar-refractivity contribution in [2.45, 2.75) is 45.4 Å². The lowest BCUT2D eigenvalue weighted by Crippen LogP contribution is -2.44. The quantitative estimate of drug-likeness (QED) is 0.691. The summed E-state index contributed by atoms with van der Waals surface area (Å²) in [6, 6.07) is 3.59. The predicted octanol–water partition coefficient (Wildman–Crippen LogP) is 5.38. The van der Waals surface area contributed by atoms with Crippen LogP contribution in [0.2, 0.25) is 5.02 Å². The second-order valence-electron chi connectivity index (χ2n) is 7.36. The van der Waals surface area contributed by atoms with Crippen molar-refractivity contribution in [1.82, 2.24) is 4.90 Å². The largest absolute Gasteiger partial charge is 0.492 e. The first-order valence-electron chi connectivity index (χ1n) is 8.44. The fourth-order valence-corrected chi connectivity index (χ4v) is 3.03. The van der Waals surface area contributed by atoms with Crippen LogP contribution in [0.5, 0.6) is 5.75 Å². The highest BCUT2D eigenvalue weighted by Gasteiger charge is 2.34. The Morgan fingerprint density at radius 1 is 1.31 bits per heavy atom. The highest BCUT2D eigenvalue weighted by atomic mass is 35.5. The summed E-state index contributed by atoms with van der Waals surface area (Å²) in [6.07, 6.45) is -3.33. The van der Waals surface area contributed by atoms with Crippen molar-refractivity contribution >= 4 is 17.7 Å². The van der Waals surface area contributed by atoms with Crippen LogP contribution >= 0.6 is 11.6 Å². The number of halogens is 4. The number of amides is 1. The maximum Gasteiger partial charge on any atom is 0.417 e. The SMILES string of the molecule is CC(C)(C)OC(=O)N1CCCC(COc2cccc(C(F)(F)F)c2Cl)C1. The van der Waals surface area contributed by atoms with Crippen molar-refractivity contribution in [3.05, 3.63) is 28.8 Å². The van der Waals surface area contributed by atoms with Crippen LogP contribution in [0.4, 0.5) is 18.0 Å². The first-order valence-corrected chi connectivity index (χ1v) is 8.81. The summed E-state index contributed by atoms with van der Waals surface area (Å²) in [4.78, 5) is 13.8. The molecule has 1 aliphatic heterocycles. The molecule has 1 saturated heterocycles. The van der Waals surface area contributed by atoms with Crippen molar-refractivity contribution < 1.29 is 27.4 Å². The average Bonchev–Trinajstić information content (AvgIpc) is 2.51. The third-order valence-electron chi connectivity index (χ3n) is 3.91. The van der Waals surface area contributed by atoms with Gasteiger partial charge in [-0.2, -0.15) is 13.2 Å². The third kappa shape index (κ3) is 5.69. The van der Waals surface area contributed by atoms with Crippen LogP contribution in [-0.4, -0.2) is 36.3 Å². The molecule has 1 aromatic carbocycles. The summed E-state index contributed by atoms with van der Waals surface area (Å²) in [5.41, 5.74) is -1.50. The van der Waals surface area contributed by atoms with Gasteiger partial charge >= 0.3 is 12.3 Å². The summed E-state index contributed by atoms with van der Waals surface area (Å²) in [5.74, 6) is -0.00207. The van der Waals surface area contributed by atoms with Gasteiger partial charge in [-0.1, -0.05) is 17.7 Å². The molecule has 1 aliphatic rings. The van der Waals surface area contributed by atoms with Crippen LogP contribution in [0, 0.1) is 5.92 Å². The minimum Gasteiger partial charge on any atom is -0.492 e. The van der Waals surface area contributed by atoms with Crippen LogP contribution in [0.1, 0.15) is 39.2 Å². The summed E-state index contributed by atoms with van der Waals surface area (Å²) in [7, 11) is 0. The van der Waals surface area contributed by atoms with Gasteiger partial charge in [0, 0.05) is 19.0 Å². The number of hydrogen-bond donors (Lipinski definition) is 0. The van der Waals surface area contributed by atoms with E-state index in [0.717, 1.165) is 18.9 Å². The lowest BCUT2D eigenvalue weighted by atomic mass is 9.99. The highest BCUT2D eigenvalue weighted by molar-refractivity contribution is 6.32. The summed E-state index contributed by atoms with van der Waals surface area (Å²) in [6.45, 7) is 6.60. The number of carbonyl (C=O) groups excluding carboxylic acids is 1. The molecule has 146 valence electrons. The van der Waals surface area contributed by atoms with E-state index in [4.69, 9.17) is 21.1 Å². The molecule has 4 nitrogen and oxygen atoms in total. The summed E-state index contributed by atoms with van der Waals surface area (Å²) < 4.78 is 49.6. The molecule has 0 N–H and O–H groups in total. The number of rotatable bonds is 3. The maximum absolute atomic E-state index is 12.9. The lowest BCUT2D eigenvalue weighted by molar-refractivity contribution is -0.137. The Morgan fingerprint density at radius 3 is 2.62 bits per heavy atom. The van der Waals surface area contributed by atoms with E-state index in [9.17, 15) is 18.0 Å². The zero-order valence-corrected chi connectivity index (χ0v) is 15.8. The van der Waals surface area contributed by atoms with Gasteiger partial charge in [-0.3, -0.25) is 0 Å². The van der Waals surface area contributed by atoms with Crippen LogP contribution in [0.3, 0.4) is 0 Å². The van der Waals surface area contributed by atoms with Crippen LogP contribution < -0.4 is 4.74 Å². The fourth-order valence-electron chi connectivity index (χ4n) is 2.74. The molecule has 1 unspecified atom stereocenters. The normalized spacial score (nSPS) is 18.6. The molecule has 2 rings (SSSR count). The molecule has 0 radical (unpaired) electrons. The average molecular weight is 394 g/mol. The van der Waals surface area contributed by atoms with Crippen molar-refractivity contribution in [3.63, 3.8) is 0 Å². The Kier molecular flexibility index (Phi) is 6.32. The number of nitrogens with zero attached hydrogens (tertiary/aromatic N) is 1. The molecule has 0 aromatic heterocycles. The van der Waals surface area contributed by atoms with Gasteiger partial charge in [0.05, 0.1) is 17.2 Å². The maximum atomic E-state index is 12.9. The molecule has 8 heteroatoms. The van der Waals surface area contributed by atoms with Gasteiger partial charge in [-0.05, 0) is 45.7 Å². The smallest absolute Gasteiger partial charge is 0.417 e. The highest BCUT2D eigenvalue weighted by Crippen LogP contribution is 2.39. The van der Waals surface area contributed by atoms with E-state index in [1.54, 1.807) is 25.7 Å². The summed E-state index contributed by atoms with van der Waals surface area (Å²) >= 11 is 5.83. The Labute approximate surface area is 156 Å². The first-order chi connectivity index (χ1) is 12.0. The zero-order chi connectivity index (χ0) is 19.5. The minimum atomic E-state index is -4.53. The van der Waals surface area contributed by atoms with Crippen molar-refractivity contribution in [1.29, 1.82) is 0 Å². The number of hydrogen-bond acceptors (Lipinski definition) is 3. The van der Waals surface area contributed by atoms with Gasteiger partial charge in [0.1, 0.15) is 11.4 Å². The molecule has 0 spiro atoms. The van der Waals surface area contributed by atoms with E-state index >= 15 is 0 Å². The standard InChI is InChI=1S/C18H23ClF3NO3/c1-17(2,3)26-16(24)23-9-5-6-12(10-23)11-25-14-8-4-7-13(15(14)19)18(20,21)22/h4,7-8,12H,5-6,9-11H2,1-3H3. The number of likely N-dealkylation sites (tertiary alicyclic amines) is 1.